The van der Waals surface area contributed by atoms with Crippen molar-refractivity contribution in [2.75, 3.05) is 18.4 Å². The van der Waals surface area contributed by atoms with E-state index in [-0.39, 0.29) is 17.4 Å². The third-order valence-corrected chi connectivity index (χ3v) is 4.05. The van der Waals surface area contributed by atoms with Gasteiger partial charge in [-0.15, -0.1) is 0 Å². The Balaban J connectivity index is 2.28. The Hall–Kier alpha value is -3.15. The molecule has 0 spiro atoms. The summed E-state index contributed by atoms with van der Waals surface area (Å²) in [5.41, 5.74) is 1.36. The van der Waals surface area contributed by atoms with Crippen molar-refractivity contribution < 1.29 is 19.1 Å². The highest BCUT2D eigenvalue weighted by molar-refractivity contribution is 5.95. The van der Waals surface area contributed by atoms with Gasteiger partial charge in [-0.05, 0) is 32.0 Å². The summed E-state index contributed by atoms with van der Waals surface area (Å²) in [5.74, 6) is -1.13. The molecule has 6 heteroatoms. The van der Waals surface area contributed by atoms with E-state index in [4.69, 9.17) is 4.74 Å². The Bertz CT molecular complexity index is 801. The predicted molar refractivity (Wildman–Crippen MR) is 103 cm³/mol. The fourth-order valence-corrected chi connectivity index (χ4v) is 2.69. The molecule has 0 aliphatic carbocycles. The molecule has 2 amide bonds. The summed E-state index contributed by atoms with van der Waals surface area (Å²) in [6, 6.07) is 15.4. The van der Waals surface area contributed by atoms with Crippen LogP contribution < -0.4 is 5.32 Å². The van der Waals surface area contributed by atoms with Crippen molar-refractivity contribution in [2.45, 2.75) is 26.9 Å². The van der Waals surface area contributed by atoms with Crippen molar-refractivity contribution >= 4 is 23.5 Å². The maximum Gasteiger partial charge on any atom is 0.339 e. The Labute approximate surface area is 159 Å². The van der Waals surface area contributed by atoms with Crippen LogP contribution in [0.4, 0.5) is 5.69 Å². The minimum atomic E-state index is -1.02. The van der Waals surface area contributed by atoms with Crippen LogP contribution >= 0.6 is 0 Å². The van der Waals surface area contributed by atoms with Gasteiger partial charge >= 0.3 is 5.97 Å². The summed E-state index contributed by atoms with van der Waals surface area (Å²) in [5, 5.41) is 2.62. The lowest BCUT2D eigenvalue weighted by Gasteiger charge is -2.25. The van der Waals surface area contributed by atoms with Gasteiger partial charge in [-0.25, -0.2) is 4.79 Å². The van der Waals surface area contributed by atoms with Gasteiger partial charge in [-0.3, -0.25) is 9.59 Å². The molecule has 0 aliphatic rings. The zero-order valence-electron chi connectivity index (χ0n) is 15.8. The minimum Gasteiger partial charge on any atom is -0.444 e. The Kier molecular flexibility index (Phi) is 7.11. The van der Waals surface area contributed by atoms with Crippen LogP contribution in [0.1, 0.15) is 42.8 Å². The molecule has 142 valence electrons. The summed E-state index contributed by atoms with van der Waals surface area (Å²) in [6.07, 6.45) is -1.02. The molecule has 0 radical (unpaired) electrons. The Morgan fingerprint density at radius 3 is 2.26 bits per heavy atom. The molecule has 0 unspecified atom stereocenters. The van der Waals surface area contributed by atoms with E-state index in [1.165, 1.54) is 13.0 Å². The van der Waals surface area contributed by atoms with E-state index in [0.29, 0.717) is 24.3 Å². The van der Waals surface area contributed by atoms with E-state index in [2.05, 4.69) is 5.32 Å². The molecule has 2 rings (SSSR count). The largest absolute Gasteiger partial charge is 0.444 e. The fraction of sp³-hybridized carbons (Fsp3) is 0.286. The standard InChI is InChI=1S/C21H24N2O4/c1-4-23(5-2)20(25)19(16-10-7-6-8-11-16)27-21(26)17-12-9-13-18(14-17)22-15(3)24/h6-14,19H,4-5H2,1-3H3,(H,22,24)/t19-/m1/s1. The highest BCUT2D eigenvalue weighted by Crippen LogP contribution is 2.23. The number of hydrogen-bond donors (Lipinski definition) is 1. The van der Waals surface area contributed by atoms with Gasteiger partial charge in [0.25, 0.3) is 5.91 Å². The van der Waals surface area contributed by atoms with Gasteiger partial charge in [0.05, 0.1) is 5.56 Å². The van der Waals surface area contributed by atoms with Gasteiger partial charge in [0.15, 0.2) is 0 Å². The smallest absolute Gasteiger partial charge is 0.339 e. The van der Waals surface area contributed by atoms with Crippen LogP contribution in [0.5, 0.6) is 0 Å². The maximum absolute atomic E-state index is 12.9. The third-order valence-electron chi connectivity index (χ3n) is 4.05. The van der Waals surface area contributed by atoms with Gasteiger partial charge in [0.1, 0.15) is 0 Å². The highest BCUT2D eigenvalue weighted by Gasteiger charge is 2.28. The normalized spacial score (nSPS) is 11.4. The molecule has 1 N–H and O–H groups in total. The van der Waals surface area contributed by atoms with Crippen molar-refractivity contribution in [1.29, 1.82) is 0 Å². The second-order valence-corrected chi connectivity index (χ2v) is 5.97. The zero-order chi connectivity index (χ0) is 19.8. The molecule has 27 heavy (non-hydrogen) atoms. The SMILES string of the molecule is CCN(CC)C(=O)[C@H](OC(=O)c1cccc(NC(C)=O)c1)c1ccccc1. The number of carbonyl (C=O) groups excluding carboxylic acids is 3. The molecule has 1 atom stereocenters. The summed E-state index contributed by atoms with van der Waals surface area (Å²) in [6.45, 7) is 6.19. The molecule has 0 fully saturated rings. The Morgan fingerprint density at radius 2 is 1.67 bits per heavy atom. The first-order valence-corrected chi connectivity index (χ1v) is 8.88. The number of benzene rings is 2. The lowest BCUT2D eigenvalue weighted by molar-refractivity contribution is -0.140. The van der Waals surface area contributed by atoms with Crippen molar-refractivity contribution in [2.24, 2.45) is 0 Å². The molecular formula is C21H24N2O4. The van der Waals surface area contributed by atoms with Crippen LogP contribution in [0.3, 0.4) is 0 Å². The minimum absolute atomic E-state index is 0.237. The molecule has 0 saturated heterocycles. The second kappa shape index (κ2) is 9.52. The van der Waals surface area contributed by atoms with Gasteiger partial charge in [0, 0.05) is 31.3 Å². The quantitative estimate of drug-likeness (QED) is 0.760. The summed E-state index contributed by atoms with van der Waals surface area (Å²) in [4.78, 5) is 38.4. The lowest BCUT2D eigenvalue weighted by Crippen LogP contribution is -2.36. The van der Waals surface area contributed by atoms with Gasteiger partial charge in [-0.1, -0.05) is 36.4 Å². The molecule has 0 aliphatic heterocycles. The lowest BCUT2D eigenvalue weighted by atomic mass is 10.1. The average molecular weight is 368 g/mol. The average Bonchev–Trinajstić information content (AvgIpc) is 2.67. The number of rotatable bonds is 7. The first-order chi connectivity index (χ1) is 13.0. The number of esters is 1. The predicted octanol–water partition coefficient (Wildman–Crippen LogP) is 3.41. The van der Waals surface area contributed by atoms with Crippen molar-refractivity contribution in [3.63, 3.8) is 0 Å². The number of nitrogens with zero attached hydrogens (tertiary/aromatic N) is 1. The van der Waals surface area contributed by atoms with E-state index in [1.54, 1.807) is 47.4 Å². The molecule has 0 aromatic heterocycles. The van der Waals surface area contributed by atoms with Crippen molar-refractivity contribution in [3.05, 3.63) is 65.7 Å². The first kappa shape index (κ1) is 20.2. The number of hydrogen-bond acceptors (Lipinski definition) is 4. The van der Waals surface area contributed by atoms with Crippen LogP contribution in [0, 0.1) is 0 Å². The molecule has 2 aromatic rings. The van der Waals surface area contributed by atoms with E-state index in [9.17, 15) is 14.4 Å². The van der Waals surface area contributed by atoms with Gasteiger partial charge < -0.3 is 15.0 Å². The summed E-state index contributed by atoms with van der Waals surface area (Å²) >= 11 is 0. The number of likely N-dealkylation sites (N-methyl/N-ethyl adjacent to an activating group) is 1. The highest BCUT2D eigenvalue weighted by atomic mass is 16.5. The van der Waals surface area contributed by atoms with E-state index < -0.39 is 12.1 Å². The number of ether oxygens (including phenoxy) is 1. The molecular weight excluding hydrogens is 344 g/mol. The van der Waals surface area contributed by atoms with Crippen LogP contribution in [-0.2, 0) is 14.3 Å². The summed E-state index contributed by atoms with van der Waals surface area (Å²) in [7, 11) is 0. The number of anilines is 1. The molecule has 0 bridgehead atoms. The monoisotopic (exact) mass is 368 g/mol. The van der Waals surface area contributed by atoms with E-state index >= 15 is 0 Å². The van der Waals surface area contributed by atoms with Crippen LogP contribution in [0.2, 0.25) is 0 Å². The van der Waals surface area contributed by atoms with Crippen LogP contribution in [-0.4, -0.2) is 35.8 Å². The first-order valence-electron chi connectivity index (χ1n) is 8.88. The molecule has 0 saturated carbocycles. The van der Waals surface area contributed by atoms with Gasteiger partial charge in [0.2, 0.25) is 12.0 Å². The fourth-order valence-electron chi connectivity index (χ4n) is 2.69. The number of carbonyl (C=O) groups is 3. The topological polar surface area (TPSA) is 75.7 Å². The Morgan fingerprint density at radius 1 is 1.00 bits per heavy atom. The van der Waals surface area contributed by atoms with E-state index in [1.807, 2.05) is 19.9 Å². The maximum atomic E-state index is 12.9. The van der Waals surface area contributed by atoms with E-state index in [0.717, 1.165) is 0 Å². The van der Waals surface area contributed by atoms with Crippen molar-refractivity contribution in [1.82, 2.24) is 4.90 Å². The second-order valence-electron chi connectivity index (χ2n) is 5.97. The molecule has 0 heterocycles. The molecule has 2 aromatic carbocycles. The zero-order valence-corrected chi connectivity index (χ0v) is 15.8. The van der Waals surface area contributed by atoms with Gasteiger partial charge in [-0.2, -0.15) is 0 Å². The number of amides is 2. The third kappa shape index (κ3) is 5.41. The molecule has 6 nitrogen and oxygen atoms in total. The number of nitrogens with one attached hydrogen (secondary N) is 1. The van der Waals surface area contributed by atoms with Crippen molar-refractivity contribution in [3.8, 4) is 0 Å². The van der Waals surface area contributed by atoms with Crippen LogP contribution in [0.15, 0.2) is 54.6 Å². The van der Waals surface area contributed by atoms with Crippen LogP contribution in [0.25, 0.3) is 0 Å². The summed E-state index contributed by atoms with van der Waals surface area (Å²) < 4.78 is 5.59.